The molecule has 4 rings (SSSR count). The molecule has 136 valence electrons. The molecule has 3 aromatic carbocycles. The lowest BCUT2D eigenvalue weighted by molar-refractivity contribution is 0.692. The fraction of sp³-hybridized carbons (Fsp3) is 0.0870. The molecule has 0 aliphatic heterocycles. The van der Waals surface area contributed by atoms with Crippen molar-refractivity contribution in [2.75, 3.05) is 0 Å². The maximum Gasteiger partial charge on any atom is 0.125 e. The zero-order valence-electron chi connectivity index (χ0n) is 14.7. The third-order valence-electron chi connectivity index (χ3n) is 4.81. The molecule has 0 saturated carbocycles. The van der Waals surface area contributed by atoms with Crippen LogP contribution in [0.25, 0.3) is 0 Å². The number of benzene rings is 3. The van der Waals surface area contributed by atoms with Gasteiger partial charge in [-0.05, 0) is 22.3 Å². The minimum atomic E-state index is -0.517. The van der Waals surface area contributed by atoms with Crippen LogP contribution < -0.4 is 0 Å². The van der Waals surface area contributed by atoms with E-state index in [1.165, 1.54) is 11.1 Å². The summed E-state index contributed by atoms with van der Waals surface area (Å²) in [6, 6.07) is 29.5. The van der Waals surface area contributed by atoms with Gasteiger partial charge in [-0.15, -0.1) is 24.0 Å². The predicted octanol–water partition coefficient (Wildman–Crippen LogP) is 5.95. The number of aromatic amines is 1. The first-order chi connectivity index (χ1) is 12.9. The van der Waals surface area contributed by atoms with E-state index >= 15 is 0 Å². The van der Waals surface area contributed by atoms with Crippen LogP contribution in [0, 0.1) is 0 Å². The van der Waals surface area contributed by atoms with Crippen LogP contribution in [0.5, 0.6) is 0 Å². The van der Waals surface area contributed by atoms with E-state index < -0.39 is 5.41 Å². The third-order valence-corrected chi connectivity index (χ3v) is 5.12. The molecular formula is C23H20Cl2N2. The summed E-state index contributed by atoms with van der Waals surface area (Å²) in [7, 11) is 0. The molecule has 4 heteroatoms. The van der Waals surface area contributed by atoms with Crippen molar-refractivity contribution < 1.29 is 0 Å². The van der Waals surface area contributed by atoms with E-state index in [4.69, 9.17) is 11.6 Å². The van der Waals surface area contributed by atoms with E-state index in [1.807, 2.05) is 24.5 Å². The van der Waals surface area contributed by atoms with Gasteiger partial charge in [0.25, 0.3) is 0 Å². The van der Waals surface area contributed by atoms with Gasteiger partial charge < -0.3 is 4.98 Å². The van der Waals surface area contributed by atoms with Crippen LogP contribution in [0.1, 0.15) is 28.1 Å². The van der Waals surface area contributed by atoms with E-state index in [0.717, 1.165) is 17.0 Å². The molecular weight excluding hydrogens is 375 g/mol. The van der Waals surface area contributed by atoms with Crippen molar-refractivity contribution >= 4 is 24.0 Å². The molecule has 0 radical (unpaired) electrons. The Hall–Kier alpha value is -2.55. The van der Waals surface area contributed by atoms with Gasteiger partial charge in [-0.1, -0.05) is 84.9 Å². The normalized spacial score (nSPS) is 11.0. The van der Waals surface area contributed by atoms with Crippen molar-refractivity contribution in [3.63, 3.8) is 0 Å². The first-order valence-corrected chi connectivity index (χ1v) is 9.15. The molecule has 27 heavy (non-hydrogen) atoms. The third kappa shape index (κ3) is 3.39. The number of hydrogen-bond acceptors (Lipinski definition) is 1. The molecule has 0 unspecified atom stereocenters. The van der Waals surface area contributed by atoms with Gasteiger partial charge in [0.2, 0.25) is 0 Å². The highest BCUT2D eigenvalue weighted by Gasteiger charge is 2.40. The summed E-state index contributed by atoms with van der Waals surface area (Å²) in [6.07, 6.45) is 3.69. The topological polar surface area (TPSA) is 28.7 Å². The number of nitrogens with zero attached hydrogens (tertiary/aromatic N) is 1. The van der Waals surface area contributed by atoms with E-state index in [-0.39, 0.29) is 12.4 Å². The average Bonchev–Trinajstić information content (AvgIpc) is 3.26. The maximum atomic E-state index is 6.01. The molecule has 4 aromatic rings. The number of halogens is 2. The lowest BCUT2D eigenvalue weighted by atomic mass is 9.68. The van der Waals surface area contributed by atoms with Crippen LogP contribution in [0.3, 0.4) is 0 Å². The number of imidazole rings is 1. The highest BCUT2D eigenvalue weighted by molar-refractivity contribution is 6.17. The minimum absolute atomic E-state index is 0. The molecule has 0 saturated heterocycles. The Morgan fingerprint density at radius 1 is 0.741 bits per heavy atom. The van der Waals surface area contributed by atoms with E-state index in [9.17, 15) is 0 Å². The SMILES string of the molecule is Cl.ClCc1ccc(C(c2ccccc2)(c2ccccc2)c2ncc[nH]2)cc1. The van der Waals surface area contributed by atoms with Crippen molar-refractivity contribution in [2.24, 2.45) is 0 Å². The molecule has 0 bridgehead atoms. The molecule has 0 fully saturated rings. The minimum Gasteiger partial charge on any atom is -0.347 e. The van der Waals surface area contributed by atoms with Gasteiger partial charge in [-0.25, -0.2) is 4.98 Å². The lowest BCUT2D eigenvalue weighted by Gasteiger charge is -2.34. The Bertz CT molecular complexity index is 911. The second kappa shape index (κ2) is 8.43. The van der Waals surface area contributed by atoms with Gasteiger partial charge in [0.05, 0.1) is 0 Å². The van der Waals surface area contributed by atoms with Crippen molar-refractivity contribution in [3.05, 3.63) is 125 Å². The summed E-state index contributed by atoms with van der Waals surface area (Å²) >= 11 is 6.01. The van der Waals surface area contributed by atoms with Crippen LogP contribution in [0.15, 0.2) is 97.3 Å². The van der Waals surface area contributed by atoms with Crippen LogP contribution in [0.2, 0.25) is 0 Å². The molecule has 0 aliphatic carbocycles. The Labute approximate surface area is 170 Å². The van der Waals surface area contributed by atoms with Gasteiger partial charge >= 0.3 is 0 Å². The monoisotopic (exact) mass is 394 g/mol. The van der Waals surface area contributed by atoms with Crippen LogP contribution in [0.4, 0.5) is 0 Å². The molecule has 0 aliphatic rings. The maximum absolute atomic E-state index is 6.01. The predicted molar refractivity (Wildman–Crippen MR) is 114 cm³/mol. The van der Waals surface area contributed by atoms with Crippen LogP contribution >= 0.6 is 24.0 Å². The summed E-state index contributed by atoms with van der Waals surface area (Å²) in [5.74, 6) is 1.40. The standard InChI is InChI=1S/C23H19ClN2.ClH/c24-17-18-11-13-21(14-12-18)23(22-25-15-16-26-22,19-7-3-1-4-8-19)20-9-5-2-6-10-20;/h1-16H,17H2,(H,25,26);1H. The summed E-state index contributed by atoms with van der Waals surface area (Å²) in [6.45, 7) is 0. The van der Waals surface area contributed by atoms with Crippen molar-refractivity contribution in [1.82, 2.24) is 9.97 Å². The number of rotatable bonds is 5. The molecule has 1 N–H and O–H groups in total. The fourth-order valence-electron chi connectivity index (χ4n) is 3.60. The second-order valence-corrected chi connectivity index (χ2v) is 6.52. The number of nitrogens with one attached hydrogen (secondary N) is 1. The quantitative estimate of drug-likeness (QED) is 0.328. The summed E-state index contributed by atoms with van der Waals surface area (Å²) in [5, 5.41) is 0. The molecule has 0 amide bonds. The summed E-state index contributed by atoms with van der Waals surface area (Å²) < 4.78 is 0. The molecule has 0 spiro atoms. The second-order valence-electron chi connectivity index (χ2n) is 6.25. The van der Waals surface area contributed by atoms with E-state index in [2.05, 4.69) is 82.8 Å². The van der Waals surface area contributed by atoms with Crippen molar-refractivity contribution in [1.29, 1.82) is 0 Å². The Kier molecular flexibility index (Phi) is 6.00. The van der Waals surface area contributed by atoms with Gasteiger partial charge in [-0.3, -0.25) is 0 Å². The molecule has 0 atom stereocenters. The zero-order chi connectivity index (χ0) is 17.8. The van der Waals surface area contributed by atoms with Gasteiger partial charge in [0.1, 0.15) is 11.2 Å². The molecule has 1 aromatic heterocycles. The highest BCUT2D eigenvalue weighted by atomic mass is 35.5. The smallest absolute Gasteiger partial charge is 0.125 e. The fourth-order valence-corrected chi connectivity index (χ4v) is 3.78. The van der Waals surface area contributed by atoms with Gasteiger partial charge in [0.15, 0.2) is 0 Å². The van der Waals surface area contributed by atoms with Crippen molar-refractivity contribution in [2.45, 2.75) is 11.3 Å². The van der Waals surface area contributed by atoms with Crippen molar-refractivity contribution in [3.8, 4) is 0 Å². The van der Waals surface area contributed by atoms with E-state index in [0.29, 0.717) is 5.88 Å². The Balaban J connectivity index is 0.00000210. The van der Waals surface area contributed by atoms with Crippen LogP contribution in [-0.2, 0) is 11.3 Å². The lowest BCUT2D eigenvalue weighted by Crippen LogP contribution is -2.32. The number of aromatic nitrogens is 2. The van der Waals surface area contributed by atoms with Gasteiger partial charge in [0, 0.05) is 18.3 Å². The highest BCUT2D eigenvalue weighted by Crippen LogP contribution is 2.43. The summed E-state index contributed by atoms with van der Waals surface area (Å²) in [4.78, 5) is 8.04. The van der Waals surface area contributed by atoms with Crippen LogP contribution in [-0.4, -0.2) is 9.97 Å². The molecule has 2 nitrogen and oxygen atoms in total. The number of alkyl halides is 1. The zero-order valence-corrected chi connectivity index (χ0v) is 16.3. The Morgan fingerprint density at radius 3 is 1.70 bits per heavy atom. The number of H-pyrrole nitrogens is 1. The van der Waals surface area contributed by atoms with Gasteiger partial charge in [-0.2, -0.15) is 0 Å². The van der Waals surface area contributed by atoms with E-state index in [1.54, 1.807) is 0 Å². The molecule has 1 heterocycles. The summed E-state index contributed by atoms with van der Waals surface area (Å²) in [5.41, 5.74) is 4.07. The average molecular weight is 395 g/mol. The first-order valence-electron chi connectivity index (χ1n) is 8.62. The largest absolute Gasteiger partial charge is 0.347 e. The number of hydrogen-bond donors (Lipinski definition) is 1. The first kappa shape index (κ1) is 19.2. The Morgan fingerprint density at radius 2 is 1.26 bits per heavy atom.